The molecule has 1 heterocycles. The van der Waals surface area contributed by atoms with Crippen molar-refractivity contribution < 1.29 is 0 Å². The van der Waals surface area contributed by atoms with Crippen LogP contribution in [0.1, 0.15) is 60.8 Å². The van der Waals surface area contributed by atoms with Crippen LogP contribution in [0.2, 0.25) is 0 Å². The van der Waals surface area contributed by atoms with E-state index in [1.807, 2.05) is 0 Å². The van der Waals surface area contributed by atoms with E-state index in [-0.39, 0.29) is 0 Å². The third-order valence-corrected chi connectivity index (χ3v) is 5.28. The van der Waals surface area contributed by atoms with Crippen LogP contribution in [0.15, 0.2) is 0 Å². The summed E-state index contributed by atoms with van der Waals surface area (Å²) in [5.74, 6) is 1.59. The van der Waals surface area contributed by atoms with Crippen molar-refractivity contribution in [1.82, 2.24) is 10.2 Å². The summed E-state index contributed by atoms with van der Waals surface area (Å²) in [6.45, 7) is 16.6. The third-order valence-electron chi connectivity index (χ3n) is 5.28. The summed E-state index contributed by atoms with van der Waals surface area (Å²) in [4.78, 5) is 2.78. The molecule has 0 spiro atoms. The zero-order valence-electron chi connectivity index (χ0n) is 13.4. The molecule has 2 heteroatoms. The highest BCUT2D eigenvalue weighted by Gasteiger charge is 2.33. The third kappa shape index (κ3) is 3.71. The standard InChI is InChI=1S/C16H34N2/c1-7-12(4)14(6)18-11-16(13(5)8-2)17-10-15(18)9-3/h12-17H,7-11H2,1-6H3. The molecule has 5 unspecified atom stereocenters. The van der Waals surface area contributed by atoms with Crippen LogP contribution in [0, 0.1) is 11.8 Å². The summed E-state index contributed by atoms with van der Waals surface area (Å²) in [5, 5.41) is 3.77. The van der Waals surface area contributed by atoms with Crippen molar-refractivity contribution in [3.05, 3.63) is 0 Å². The number of piperazine rings is 1. The maximum atomic E-state index is 3.77. The number of nitrogens with one attached hydrogen (secondary N) is 1. The van der Waals surface area contributed by atoms with Crippen LogP contribution in [-0.4, -0.2) is 36.1 Å². The minimum Gasteiger partial charge on any atom is -0.311 e. The Morgan fingerprint density at radius 2 is 1.78 bits per heavy atom. The average Bonchev–Trinajstić information content (AvgIpc) is 2.43. The molecule has 0 amide bonds. The monoisotopic (exact) mass is 254 g/mol. The van der Waals surface area contributed by atoms with E-state index < -0.39 is 0 Å². The fourth-order valence-electron chi connectivity index (χ4n) is 3.06. The summed E-state index contributed by atoms with van der Waals surface area (Å²) in [5.41, 5.74) is 0. The van der Waals surface area contributed by atoms with E-state index in [2.05, 4.69) is 51.8 Å². The van der Waals surface area contributed by atoms with Crippen LogP contribution in [0.5, 0.6) is 0 Å². The largest absolute Gasteiger partial charge is 0.311 e. The van der Waals surface area contributed by atoms with Gasteiger partial charge >= 0.3 is 0 Å². The second-order valence-corrected chi connectivity index (χ2v) is 6.29. The minimum atomic E-state index is 0.685. The Morgan fingerprint density at radius 1 is 1.11 bits per heavy atom. The van der Waals surface area contributed by atoms with Crippen LogP contribution in [0.4, 0.5) is 0 Å². The van der Waals surface area contributed by atoms with Gasteiger partial charge in [-0.05, 0) is 25.2 Å². The first-order valence-electron chi connectivity index (χ1n) is 8.04. The van der Waals surface area contributed by atoms with Crippen molar-refractivity contribution in [2.75, 3.05) is 13.1 Å². The molecule has 1 aliphatic heterocycles. The molecule has 1 fully saturated rings. The first-order chi connectivity index (χ1) is 8.54. The van der Waals surface area contributed by atoms with E-state index >= 15 is 0 Å². The second-order valence-electron chi connectivity index (χ2n) is 6.29. The molecule has 0 radical (unpaired) electrons. The summed E-state index contributed by atoms with van der Waals surface area (Å²) >= 11 is 0. The van der Waals surface area contributed by atoms with Crippen LogP contribution in [-0.2, 0) is 0 Å². The Kier molecular flexibility index (Phi) is 6.65. The first-order valence-corrected chi connectivity index (χ1v) is 8.04. The van der Waals surface area contributed by atoms with Gasteiger partial charge in [0.1, 0.15) is 0 Å². The second kappa shape index (κ2) is 7.49. The quantitative estimate of drug-likeness (QED) is 0.780. The van der Waals surface area contributed by atoms with Crippen molar-refractivity contribution >= 4 is 0 Å². The highest BCUT2D eigenvalue weighted by atomic mass is 15.3. The van der Waals surface area contributed by atoms with Crippen molar-refractivity contribution in [2.45, 2.75) is 78.9 Å². The van der Waals surface area contributed by atoms with Crippen molar-refractivity contribution in [3.63, 3.8) is 0 Å². The van der Waals surface area contributed by atoms with Gasteiger partial charge in [-0.15, -0.1) is 0 Å². The van der Waals surface area contributed by atoms with Crippen molar-refractivity contribution in [1.29, 1.82) is 0 Å². The Labute approximate surface area is 115 Å². The summed E-state index contributed by atoms with van der Waals surface area (Å²) < 4.78 is 0. The van der Waals surface area contributed by atoms with Gasteiger partial charge in [0, 0.05) is 31.2 Å². The molecule has 0 aliphatic carbocycles. The number of rotatable bonds is 6. The maximum Gasteiger partial charge on any atom is 0.0221 e. The highest BCUT2D eigenvalue weighted by molar-refractivity contribution is 4.91. The average molecular weight is 254 g/mol. The molecule has 1 N–H and O–H groups in total. The smallest absolute Gasteiger partial charge is 0.0221 e. The summed E-state index contributed by atoms with van der Waals surface area (Å²) in [6, 6.07) is 2.13. The minimum absolute atomic E-state index is 0.685. The molecule has 1 rings (SSSR count). The Morgan fingerprint density at radius 3 is 2.28 bits per heavy atom. The van der Waals surface area contributed by atoms with Crippen LogP contribution in [0.3, 0.4) is 0 Å². The summed E-state index contributed by atoms with van der Waals surface area (Å²) in [6.07, 6.45) is 3.83. The number of hydrogen-bond donors (Lipinski definition) is 1. The van der Waals surface area contributed by atoms with Gasteiger partial charge in [-0.25, -0.2) is 0 Å². The van der Waals surface area contributed by atoms with Gasteiger partial charge in [0.2, 0.25) is 0 Å². The lowest BCUT2D eigenvalue weighted by Gasteiger charge is -2.46. The predicted molar refractivity (Wildman–Crippen MR) is 80.9 cm³/mol. The SMILES string of the molecule is CCC(C)C1CN(C(C)C(C)CC)C(CC)CN1. The van der Waals surface area contributed by atoms with Gasteiger partial charge in [0.05, 0.1) is 0 Å². The molecule has 0 aromatic rings. The zero-order valence-corrected chi connectivity index (χ0v) is 13.4. The molecular formula is C16H34N2. The van der Waals surface area contributed by atoms with Gasteiger partial charge in [-0.3, -0.25) is 4.90 Å². The van der Waals surface area contributed by atoms with Crippen molar-refractivity contribution in [2.24, 2.45) is 11.8 Å². The van der Waals surface area contributed by atoms with Gasteiger partial charge < -0.3 is 5.32 Å². The molecule has 5 atom stereocenters. The van der Waals surface area contributed by atoms with E-state index in [0.717, 1.165) is 17.9 Å². The van der Waals surface area contributed by atoms with E-state index in [4.69, 9.17) is 0 Å². The predicted octanol–water partition coefficient (Wildman–Crippen LogP) is 3.52. The first kappa shape index (κ1) is 16.0. The highest BCUT2D eigenvalue weighted by Crippen LogP contribution is 2.23. The molecule has 1 saturated heterocycles. The van der Waals surface area contributed by atoms with E-state index in [9.17, 15) is 0 Å². The molecule has 1 aliphatic rings. The Balaban J connectivity index is 2.69. The summed E-state index contributed by atoms with van der Waals surface area (Å²) in [7, 11) is 0. The van der Waals surface area contributed by atoms with E-state index in [1.54, 1.807) is 0 Å². The number of hydrogen-bond acceptors (Lipinski definition) is 2. The van der Waals surface area contributed by atoms with Gasteiger partial charge in [-0.2, -0.15) is 0 Å². The van der Waals surface area contributed by atoms with Gasteiger partial charge in [0.25, 0.3) is 0 Å². The van der Waals surface area contributed by atoms with Gasteiger partial charge in [0.15, 0.2) is 0 Å². The lowest BCUT2D eigenvalue weighted by atomic mass is 9.91. The number of nitrogens with zero attached hydrogens (tertiary/aromatic N) is 1. The van der Waals surface area contributed by atoms with Crippen molar-refractivity contribution in [3.8, 4) is 0 Å². The Hall–Kier alpha value is -0.0800. The lowest BCUT2D eigenvalue weighted by molar-refractivity contribution is 0.0481. The van der Waals surface area contributed by atoms with Gasteiger partial charge in [-0.1, -0.05) is 47.5 Å². The fourth-order valence-corrected chi connectivity index (χ4v) is 3.06. The molecular weight excluding hydrogens is 220 g/mol. The molecule has 0 saturated carbocycles. The maximum absolute atomic E-state index is 3.77. The zero-order chi connectivity index (χ0) is 13.7. The fraction of sp³-hybridized carbons (Fsp3) is 1.00. The van der Waals surface area contributed by atoms with Crippen LogP contribution < -0.4 is 5.32 Å². The Bertz CT molecular complexity index is 229. The normalized spacial score (nSPS) is 31.0. The van der Waals surface area contributed by atoms with E-state index in [0.29, 0.717) is 12.1 Å². The molecule has 0 bridgehead atoms. The molecule has 108 valence electrons. The lowest BCUT2D eigenvalue weighted by Crippen LogP contribution is -2.61. The van der Waals surface area contributed by atoms with E-state index in [1.165, 1.54) is 32.4 Å². The molecule has 0 aromatic carbocycles. The molecule has 2 nitrogen and oxygen atoms in total. The van der Waals surface area contributed by atoms with Crippen LogP contribution in [0.25, 0.3) is 0 Å². The topological polar surface area (TPSA) is 15.3 Å². The molecule has 0 aromatic heterocycles. The van der Waals surface area contributed by atoms with Crippen LogP contribution >= 0.6 is 0 Å². The molecule has 18 heavy (non-hydrogen) atoms.